The van der Waals surface area contributed by atoms with Gasteiger partial charge in [0.25, 0.3) is 0 Å². The Morgan fingerprint density at radius 2 is 1.92 bits per heavy atom. The largest absolute Gasteiger partial charge is 0.482 e. The summed E-state index contributed by atoms with van der Waals surface area (Å²) in [7, 11) is 0. The van der Waals surface area contributed by atoms with Crippen LogP contribution in [-0.4, -0.2) is 25.2 Å². The van der Waals surface area contributed by atoms with Gasteiger partial charge >= 0.3 is 6.18 Å². The molecule has 2 rings (SSSR count). The van der Waals surface area contributed by atoms with Crippen LogP contribution in [-0.2, 0) is 4.79 Å². The Bertz CT molecular complexity index is 835. The molecule has 0 atom stereocenters. The molecular formula is C17H13ClF3N3O2. The number of hydrogen-bond donors (Lipinski definition) is 2. The third kappa shape index (κ3) is 5.86. The molecule has 0 aromatic heterocycles. The lowest BCUT2D eigenvalue weighted by Gasteiger charge is -2.14. The molecular weight excluding hydrogens is 371 g/mol. The first-order chi connectivity index (χ1) is 12.3. The van der Waals surface area contributed by atoms with Crippen LogP contribution >= 0.6 is 11.6 Å². The smallest absolute Gasteiger partial charge is 0.422 e. The number of benzene rings is 2. The SMILES string of the molecule is N#Cc1ccc(Cl)cc1NC(=O)CNc1ccccc1OCC(F)(F)F. The van der Waals surface area contributed by atoms with Gasteiger partial charge in [0.15, 0.2) is 6.61 Å². The molecule has 0 aliphatic heterocycles. The maximum Gasteiger partial charge on any atom is 0.422 e. The fourth-order valence-corrected chi connectivity index (χ4v) is 2.16. The van der Waals surface area contributed by atoms with Crippen LogP contribution in [0.5, 0.6) is 5.75 Å². The van der Waals surface area contributed by atoms with Crippen molar-refractivity contribution in [2.75, 3.05) is 23.8 Å². The predicted octanol–water partition coefficient (Wildman–Crippen LogP) is 4.20. The van der Waals surface area contributed by atoms with Gasteiger partial charge in [-0.2, -0.15) is 18.4 Å². The van der Waals surface area contributed by atoms with Gasteiger partial charge in [-0.05, 0) is 30.3 Å². The van der Waals surface area contributed by atoms with Gasteiger partial charge in [0.1, 0.15) is 11.8 Å². The molecule has 136 valence electrons. The first kappa shape index (κ1) is 19.4. The maximum atomic E-state index is 12.3. The molecule has 0 heterocycles. The molecule has 2 aromatic rings. The molecule has 0 radical (unpaired) electrons. The normalized spacial score (nSPS) is 10.7. The Balaban J connectivity index is 2.00. The molecule has 0 aliphatic carbocycles. The van der Waals surface area contributed by atoms with Crippen LogP contribution in [0.15, 0.2) is 42.5 Å². The van der Waals surface area contributed by atoms with Crippen molar-refractivity contribution in [3.63, 3.8) is 0 Å². The summed E-state index contributed by atoms with van der Waals surface area (Å²) >= 11 is 5.84. The quantitative estimate of drug-likeness (QED) is 0.784. The fourth-order valence-electron chi connectivity index (χ4n) is 1.99. The number of carbonyl (C=O) groups excluding carboxylic acids is 1. The zero-order valence-corrected chi connectivity index (χ0v) is 14.0. The van der Waals surface area contributed by atoms with E-state index in [-0.39, 0.29) is 29.2 Å². The van der Waals surface area contributed by atoms with Crippen molar-refractivity contribution in [2.45, 2.75) is 6.18 Å². The molecule has 0 bridgehead atoms. The highest BCUT2D eigenvalue weighted by Crippen LogP contribution is 2.26. The molecule has 2 N–H and O–H groups in total. The summed E-state index contributed by atoms with van der Waals surface area (Å²) in [5, 5.41) is 14.6. The van der Waals surface area contributed by atoms with Crippen molar-refractivity contribution in [1.29, 1.82) is 5.26 Å². The maximum absolute atomic E-state index is 12.3. The number of amides is 1. The lowest BCUT2D eigenvalue weighted by Crippen LogP contribution is -2.23. The highest BCUT2D eigenvalue weighted by Gasteiger charge is 2.28. The van der Waals surface area contributed by atoms with Crippen LogP contribution in [0, 0.1) is 11.3 Å². The molecule has 5 nitrogen and oxygen atoms in total. The molecule has 0 fully saturated rings. The van der Waals surface area contributed by atoms with E-state index in [0.717, 1.165) is 0 Å². The van der Waals surface area contributed by atoms with E-state index in [1.807, 2.05) is 6.07 Å². The lowest BCUT2D eigenvalue weighted by molar-refractivity contribution is -0.153. The summed E-state index contributed by atoms with van der Waals surface area (Å²) in [6.45, 7) is -1.68. The van der Waals surface area contributed by atoms with E-state index in [1.165, 1.54) is 36.4 Å². The van der Waals surface area contributed by atoms with E-state index in [0.29, 0.717) is 5.02 Å². The van der Waals surface area contributed by atoms with Crippen molar-refractivity contribution < 1.29 is 22.7 Å². The average Bonchev–Trinajstić information content (AvgIpc) is 2.58. The minimum Gasteiger partial charge on any atom is -0.482 e. The van der Waals surface area contributed by atoms with Crippen molar-refractivity contribution >= 4 is 28.9 Å². The molecule has 0 saturated carbocycles. The minimum atomic E-state index is -4.47. The Morgan fingerprint density at radius 1 is 1.19 bits per heavy atom. The molecule has 2 aromatic carbocycles. The number of ether oxygens (including phenoxy) is 1. The van der Waals surface area contributed by atoms with Crippen LogP contribution in [0.4, 0.5) is 24.5 Å². The summed E-state index contributed by atoms with van der Waals surface area (Å²) in [5.41, 5.74) is 0.712. The first-order valence-corrected chi connectivity index (χ1v) is 7.68. The van der Waals surface area contributed by atoms with E-state index in [2.05, 4.69) is 10.6 Å². The molecule has 0 saturated heterocycles. The van der Waals surface area contributed by atoms with E-state index in [1.54, 1.807) is 6.07 Å². The van der Waals surface area contributed by atoms with Gasteiger partial charge in [0.2, 0.25) is 5.91 Å². The Morgan fingerprint density at radius 3 is 2.62 bits per heavy atom. The van der Waals surface area contributed by atoms with E-state index in [9.17, 15) is 18.0 Å². The van der Waals surface area contributed by atoms with Gasteiger partial charge in [0, 0.05) is 5.02 Å². The minimum absolute atomic E-state index is 0.0295. The van der Waals surface area contributed by atoms with Gasteiger partial charge in [-0.3, -0.25) is 4.79 Å². The topological polar surface area (TPSA) is 74.2 Å². The molecule has 9 heteroatoms. The number of anilines is 2. The summed E-state index contributed by atoms with van der Waals surface area (Å²) in [6, 6.07) is 12.3. The zero-order chi connectivity index (χ0) is 19.2. The second-order valence-corrected chi connectivity index (χ2v) is 5.54. The number of para-hydroxylation sites is 2. The average molecular weight is 384 g/mol. The number of hydrogen-bond acceptors (Lipinski definition) is 4. The van der Waals surface area contributed by atoms with E-state index >= 15 is 0 Å². The molecule has 0 aliphatic rings. The molecule has 0 unspecified atom stereocenters. The van der Waals surface area contributed by atoms with Gasteiger partial charge in [-0.1, -0.05) is 23.7 Å². The molecule has 1 amide bonds. The van der Waals surface area contributed by atoms with Crippen LogP contribution < -0.4 is 15.4 Å². The van der Waals surface area contributed by atoms with Gasteiger partial charge in [-0.15, -0.1) is 0 Å². The number of halogens is 4. The Kier molecular flexibility index (Phi) is 6.31. The first-order valence-electron chi connectivity index (χ1n) is 7.30. The van der Waals surface area contributed by atoms with Crippen LogP contribution in [0.25, 0.3) is 0 Å². The number of nitrogens with zero attached hydrogens (tertiary/aromatic N) is 1. The summed E-state index contributed by atoms with van der Waals surface area (Å²) in [6.07, 6.45) is -4.47. The van der Waals surface area contributed by atoms with Crippen LogP contribution in [0.2, 0.25) is 5.02 Å². The number of rotatable bonds is 6. The number of nitrogens with one attached hydrogen (secondary N) is 2. The monoisotopic (exact) mass is 383 g/mol. The van der Waals surface area contributed by atoms with Gasteiger partial charge in [-0.25, -0.2) is 0 Å². The van der Waals surface area contributed by atoms with Gasteiger partial charge in [0.05, 0.1) is 23.5 Å². The summed E-state index contributed by atoms with van der Waals surface area (Å²) < 4.78 is 41.6. The van der Waals surface area contributed by atoms with Crippen LogP contribution in [0.1, 0.15) is 5.56 Å². The van der Waals surface area contributed by atoms with Crippen molar-refractivity contribution in [3.05, 3.63) is 53.1 Å². The van der Waals surface area contributed by atoms with Crippen molar-refractivity contribution in [3.8, 4) is 11.8 Å². The second-order valence-electron chi connectivity index (χ2n) is 5.10. The van der Waals surface area contributed by atoms with E-state index < -0.39 is 18.7 Å². The molecule has 26 heavy (non-hydrogen) atoms. The third-order valence-electron chi connectivity index (χ3n) is 3.09. The number of carbonyl (C=O) groups is 1. The fraction of sp³-hybridized carbons (Fsp3) is 0.176. The number of nitriles is 1. The van der Waals surface area contributed by atoms with Crippen LogP contribution in [0.3, 0.4) is 0 Å². The van der Waals surface area contributed by atoms with Gasteiger partial charge < -0.3 is 15.4 Å². The predicted molar refractivity (Wildman–Crippen MR) is 91.3 cm³/mol. The molecule has 0 spiro atoms. The third-order valence-corrected chi connectivity index (χ3v) is 3.33. The summed E-state index contributed by atoms with van der Waals surface area (Å²) in [5.74, 6) is -0.535. The van der Waals surface area contributed by atoms with E-state index in [4.69, 9.17) is 21.6 Å². The zero-order valence-electron chi connectivity index (χ0n) is 13.2. The summed E-state index contributed by atoms with van der Waals surface area (Å²) in [4.78, 5) is 12.0. The Labute approximate surface area is 152 Å². The lowest BCUT2D eigenvalue weighted by atomic mass is 10.2. The standard InChI is InChI=1S/C17H13ClF3N3O2/c18-12-6-5-11(8-22)14(7-12)24-16(25)9-23-13-3-1-2-4-15(13)26-10-17(19,20)21/h1-7,23H,9-10H2,(H,24,25). The second kappa shape index (κ2) is 8.45. The van der Waals surface area contributed by atoms with Crippen molar-refractivity contribution in [1.82, 2.24) is 0 Å². The van der Waals surface area contributed by atoms with Crippen molar-refractivity contribution in [2.24, 2.45) is 0 Å². The highest BCUT2D eigenvalue weighted by molar-refractivity contribution is 6.31. The highest BCUT2D eigenvalue weighted by atomic mass is 35.5. The number of alkyl halides is 3. The Hall–Kier alpha value is -2.92.